The smallest absolute Gasteiger partial charge is 0.447 e. The van der Waals surface area contributed by atoms with Crippen molar-refractivity contribution in [2.75, 3.05) is 6.61 Å². The minimum Gasteiger partial charge on any atom is -0.745 e. The van der Waals surface area contributed by atoms with E-state index in [0.717, 1.165) is 0 Å². The van der Waals surface area contributed by atoms with E-state index >= 15 is 0 Å². The molecule has 0 spiro atoms. The lowest BCUT2D eigenvalue weighted by atomic mass is 9.48. The van der Waals surface area contributed by atoms with Crippen molar-refractivity contribution in [2.24, 2.45) is 17.3 Å². The molecule has 4 aliphatic carbocycles. The van der Waals surface area contributed by atoms with Crippen molar-refractivity contribution in [2.45, 2.75) is 66.5 Å². The van der Waals surface area contributed by atoms with Crippen LogP contribution in [0.2, 0.25) is 0 Å². The van der Waals surface area contributed by atoms with Crippen molar-refractivity contribution in [1.82, 2.24) is 0 Å². The fourth-order valence-corrected chi connectivity index (χ4v) is 6.72. The van der Waals surface area contributed by atoms with Crippen LogP contribution in [0.25, 0.3) is 0 Å². The molecule has 37 heavy (non-hydrogen) atoms. The lowest BCUT2D eigenvalue weighted by Crippen LogP contribution is -2.62. The first kappa shape index (κ1) is 30.1. The molecule has 0 N–H and O–H groups in total. The van der Waals surface area contributed by atoms with E-state index in [9.17, 15) is 62.9 Å². The van der Waals surface area contributed by atoms with Crippen LogP contribution in [0.15, 0.2) is 0 Å². The number of hydrogen-bond donors (Lipinski definition) is 0. The Morgan fingerprint density at radius 1 is 0.919 bits per heavy atom. The summed E-state index contributed by atoms with van der Waals surface area (Å²) in [7, 11) is -6.96. The molecule has 0 radical (unpaired) electrons. The Morgan fingerprint density at radius 3 is 1.89 bits per heavy atom. The molecule has 4 aliphatic rings. The van der Waals surface area contributed by atoms with E-state index < -0.39 is 92.3 Å². The fraction of sp³-hybridized carbons (Fsp3) is 0.882. The van der Waals surface area contributed by atoms with Crippen LogP contribution in [0, 0.1) is 17.3 Å². The van der Waals surface area contributed by atoms with Crippen LogP contribution in [0.1, 0.15) is 38.5 Å². The Morgan fingerprint density at radius 2 is 1.46 bits per heavy atom. The van der Waals surface area contributed by atoms with Crippen LogP contribution < -0.4 is 5.26 Å². The lowest BCUT2D eigenvalue weighted by Gasteiger charge is -2.61. The molecule has 0 amide bonds. The van der Waals surface area contributed by atoms with Gasteiger partial charge in [0.25, 0.3) is 0 Å². The molecule has 10 nitrogen and oxygen atoms in total. The first-order valence-corrected chi connectivity index (χ1v) is 12.3. The van der Waals surface area contributed by atoms with Gasteiger partial charge in [0.05, 0.1) is 18.6 Å². The van der Waals surface area contributed by atoms with E-state index in [0.29, 0.717) is 6.42 Å². The Bertz CT molecular complexity index is 1020. The molecule has 0 aromatic heterocycles. The summed E-state index contributed by atoms with van der Waals surface area (Å²) in [6.07, 6.45) is -12.8. The molecule has 4 saturated carbocycles. The van der Waals surface area contributed by atoms with Crippen molar-refractivity contribution in [1.29, 1.82) is 0 Å². The van der Waals surface area contributed by atoms with Crippen LogP contribution in [-0.4, -0.2) is 59.5 Å². The highest BCUT2D eigenvalue weighted by molar-refractivity contribution is 7.96. The number of carbonyl (C=O) groups excluding carboxylic acids is 2. The van der Waals surface area contributed by atoms with Crippen LogP contribution in [0.4, 0.5) is 35.1 Å². The van der Waals surface area contributed by atoms with E-state index in [2.05, 4.69) is 14.1 Å². The molecule has 0 aliphatic heterocycles. The number of esters is 2. The average Bonchev–Trinajstić information content (AvgIpc) is 2.71. The van der Waals surface area contributed by atoms with Crippen molar-refractivity contribution in [3.05, 3.63) is 0 Å². The summed E-state index contributed by atoms with van der Waals surface area (Å²) < 4.78 is 153. The molecule has 4 fully saturated rings. The van der Waals surface area contributed by atoms with Gasteiger partial charge in [-0.25, -0.2) is 26.8 Å². The third-order valence-electron chi connectivity index (χ3n) is 6.72. The van der Waals surface area contributed by atoms with E-state index in [1.165, 1.54) is 0 Å². The Kier molecular flexibility index (Phi) is 7.57. The summed E-state index contributed by atoms with van der Waals surface area (Å²) >= 11 is -1.33. The molecule has 4 atom stereocenters. The molecular weight excluding hydrogens is 580 g/mol. The fourth-order valence-electron chi connectivity index (χ4n) is 5.84. The molecule has 0 aromatic carbocycles. The Hall–Kier alpha value is -1.48. The van der Waals surface area contributed by atoms with E-state index in [-0.39, 0.29) is 25.7 Å². The van der Waals surface area contributed by atoms with E-state index in [1.807, 2.05) is 0 Å². The van der Waals surface area contributed by atoms with E-state index in [1.54, 1.807) is 0 Å². The highest BCUT2D eigenvalue weighted by Crippen LogP contribution is 2.63. The predicted octanol–water partition coefficient (Wildman–Crippen LogP) is 2.28. The van der Waals surface area contributed by atoms with Gasteiger partial charge in [0.15, 0.2) is 10.1 Å². The number of carbonyl (C=O) groups is 2. The molecule has 214 valence electrons. The monoisotopic (exact) mass is 596 g/mol. The first-order chi connectivity index (χ1) is 16.6. The van der Waals surface area contributed by atoms with Gasteiger partial charge in [-0.15, -0.1) is 0 Å². The zero-order valence-electron chi connectivity index (χ0n) is 18.0. The average molecular weight is 596 g/mol. The first-order valence-electron chi connectivity index (χ1n) is 10.2. The van der Waals surface area contributed by atoms with Crippen molar-refractivity contribution >= 4 is 34.1 Å². The molecule has 20 heteroatoms. The van der Waals surface area contributed by atoms with E-state index in [4.69, 9.17) is 4.74 Å². The summed E-state index contributed by atoms with van der Waals surface area (Å²) in [6, 6.07) is 0. The van der Waals surface area contributed by atoms with Crippen LogP contribution in [0.3, 0.4) is 0 Å². The van der Waals surface area contributed by atoms with Gasteiger partial charge < -0.3 is 19.3 Å². The topological polar surface area (TPSA) is 151 Å². The van der Waals surface area contributed by atoms with Gasteiger partial charge in [-0.3, -0.25) is 5.04 Å². The number of hydrogen-bond acceptors (Lipinski definition) is 11. The van der Waals surface area contributed by atoms with Crippen LogP contribution >= 0.6 is 12.0 Å². The highest BCUT2D eigenvalue weighted by atomic mass is 32.2. The Balaban J connectivity index is 1.83. The summed E-state index contributed by atoms with van der Waals surface area (Å²) in [5.41, 5.74) is -3.34. The van der Waals surface area contributed by atoms with Gasteiger partial charge in [-0.05, 0) is 50.4 Å². The maximum atomic E-state index is 14.4. The summed E-state index contributed by atoms with van der Waals surface area (Å²) in [5.74, 6) is -6.54. The van der Waals surface area contributed by atoms with Gasteiger partial charge in [-0.2, -0.15) is 30.7 Å². The number of rotatable bonds is 9. The van der Waals surface area contributed by atoms with Gasteiger partial charge >= 0.3 is 34.3 Å². The minimum absolute atomic E-state index is 0.0780. The molecule has 4 unspecified atom stereocenters. The van der Waals surface area contributed by atoms with Crippen molar-refractivity contribution in [3.63, 3.8) is 0 Å². The molecule has 0 saturated heterocycles. The number of alkyl halides is 8. The minimum atomic E-state index is -6.96. The molecule has 4 rings (SSSR count). The highest BCUT2D eigenvalue weighted by Gasteiger charge is 2.71. The quantitative estimate of drug-likeness (QED) is 0.0963. The van der Waals surface area contributed by atoms with Gasteiger partial charge in [0.2, 0.25) is 0 Å². The second-order valence-electron chi connectivity index (χ2n) is 9.47. The second-order valence-corrected chi connectivity index (χ2v) is 11.8. The normalized spacial score (nSPS) is 32.9. The third kappa shape index (κ3) is 5.23. The van der Waals surface area contributed by atoms with Gasteiger partial charge in [0.1, 0.15) is 5.60 Å². The van der Waals surface area contributed by atoms with Crippen LogP contribution in [-0.2, 0) is 38.6 Å². The summed E-state index contributed by atoms with van der Waals surface area (Å²) in [6.45, 7) is -0.960. The van der Waals surface area contributed by atoms with Crippen molar-refractivity contribution in [3.8, 4) is 0 Å². The number of halogens is 8. The summed E-state index contributed by atoms with van der Waals surface area (Å²) in [5, 5.41) is 1.60. The molecule has 4 bridgehead atoms. The van der Waals surface area contributed by atoms with Gasteiger partial charge in [-0.1, -0.05) is 0 Å². The molecule has 0 aromatic rings. The predicted molar refractivity (Wildman–Crippen MR) is 96.1 cm³/mol. The SMILES string of the molecule is O=C(OCC12CC3CC(C1)CC(OC(=O)C(F)(C(F)(F)F)S(=O)(=O)[O-])(C3)C2)C(F)(SOO[O-])C(F)(F)F. The van der Waals surface area contributed by atoms with Gasteiger partial charge in [0, 0.05) is 5.41 Å². The lowest BCUT2D eigenvalue weighted by molar-refractivity contribution is -0.777. The zero-order chi connectivity index (χ0) is 28.3. The standard InChI is InChI=1S/C17H18F8O10S2/c18-14(16(20,21)22,36-35-34-28)10(26)32-7-12-2-8-1-9(3-12)5-13(4-8,6-12)33-11(27)15(19,17(23,24)25)37(29,30)31/h8-9,28H,1-7H2,(H,29,30,31)/p-2. The number of ether oxygens (including phenoxy) is 2. The maximum absolute atomic E-state index is 14.4. The maximum Gasteiger partial charge on any atom is 0.447 e. The second kappa shape index (κ2) is 9.32. The molecular formula is C17H16F8O10S2-2. The Labute approximate surface area is 206 Å². The zero-order valence-corrected chi connectivity index (χ0v) is 19.7. The summed E-state index contributed by atoms with van der Waals surface area (Å²) in [4.78, 5) is 24.1. The van der Waals surface area contributed by atoms with Crippen LogP contribution in [0.5, 0.6) is 0 Å². The molecule has 0 heterocycles. The largest absolute Gasteiger partial charge is 0.745 e. The van der Waals surface area contributed by atoms with Crippen molar-refractivity contribution < 1.29 is 81.8 Å². The third-order valence-corrected chi connectivity index (χ3v) is 8.56.